The van der Waals surface area contributed by atoms with Gasteiger partial charge in [-0.15, -0.1) is 10.2 Å². The third kappa shape index (κ3) is 4.30. The van der Waals surface area contributed by atoms with Gasteiger partial charge in [-0.05, 0) is 19.1 Å². The van der Waals surface area contributed by atoms with Crippen LogP contribution in [0.2, 0.25) is 5.02 Å². The number of Topliss-reactive ketones (excluding diaryl/α,β-unsaturated/α-hetero) is 1. The van der Waals surface area contributed by atoms with Gasteiger partial charge in [0.05, 0.1) is 11.9 Å². The molecule has 0 aliphatic heterocycles. The number of benzene rings is 1. The van der Waals surface area contributed by atoms with Gasteiger partial charge in [-0.2, -0.15) is 0 Å². The summed E-state index contributed by atoms with van der Waals surface area (Å²) in [7, 11) is 1.64. The first-order chi connectivity index (χ1) is 10.1. The minimum Gasteiger partial charge on any atom is -0.383 e. The van der Waals surface area contributed by atoms with Crippen LogP contribution >= 0.6 is 23.4 Å². The summed E-state index contributed by atoms with van der Waals surface area (Å²) in [4.78, 5) is 12.4. The molecule has 1 atom stereocenters. The molecule has 7 heteroatoms. The number of carbonyl (C=O) groups is 1. The summed E-state index contributed by atoms with van der Waals surface area (Å²) in [6.45, 7) is 3.08. The fourth-order valence-electron chi connectivity index (χ4n) is 1.77. The molecule has 1 aromatic heterocycles. The highest BCUT2D eigenvalue weighted by Crippen LogP contribution is 2.24. The third-order valence-electron chi connectivity index (χ3n) is 2.88. The number of nitrogens with zero attached hydrogens (tertiary/aromatic N) is 3. The van der Waals surface area contributed by atoms with Crippen molar-refractivity contribution in [3.63, 3.8) is 0 Å². The van der Waals surface area contributed by atoms with E-state index in [1.54, 1.807) is 37.7 Å². The number of ketones is 1. The van der Waals surface area contributed by atoms with Gasteiger partial charge in [0.1, 0.15) is 6.33 Å². The quantitative estimate of drug-likeness (QED) is 0.578. The molecule has 5 nitrogen and oxygen atoms in total. The van der Waals surface area contributed by atoms with Crippen LogP contribution in [-0.2, 0) is 11.3 Å². The van der Waals surface area contributed by atoms with Crippen molar-refractivity contribution >= 4 is 29.1 Å². The second kappa shape index (κ2) is 7.59. The summed E-state index contributed by atoms with van der Waals surface area (Å²) in [5, 5.41) is 8.91. The van der Waals surface area contributed by atoms with Crippen LogP contribution in [0.5, 0.6) is 0 Å². The Kier molecular flexibility index (Phi) is 5.78. The summed E-state index contributed by atoms with van der Waals surface area (Å²) < 4.78 is 6.91. The number of hydrogen-bond donors (Lipinski definition) is 0. The Morgan fingerprint density at radius 1 is 1.52 bits per heavy atom. The Bertz CT molecular complexity index is 618. The molecule has 0 spiro atoms. The number of thioether (sulfide) groups is 1. The third-order valence-corrected chi connectivity index (χ3v) is 4.21. The van der Waals surface area contributed by atoms with Crippen LogP contribution in [0, 0.1) is 0 Å². The second-order valence-electron chi connectivity index (χ2n) is 4.43. The lowest BCUT2D eigenvalue weighted by molar-refractivity contribution is 0.0994. The lowest BCUT2D eigenvalue weighted by Crippen LogP contribution is -2.15. The molecule has 0 saturated heterocycles. The molecule has 0 fully saturated rings. The number of halogens is 1. The van der Waals surface area contributed by atoms with E-state index in [4.69, 9.17) is 16.3 Å². The predicted octanol–water partition coefficient (Wildman–Crippen LogP) is 2.94. The van der Waals surface area contributed by atoms with Gasteiger partial charge in [-0.25, -0.2) is 0 Å². The zero-order valence-corrected chi connectivity index (χ0v) is 13.4. The molecule has 1 unspecified atom stereocenters. The molecular formula is C14H16ClN3O2S. The van der Waals surface area contributed by atoms with Crippen molar-refractivity contribution < 1.29 is 9.53 Å². The largest absolute Gasteiger partial charge is 0.383 e. The lowest BCUT2D eigenvalue weighted by atomic mass is 10.1. The first-order valence-electron chi connectivity index (χ1n) is 6.45. The minimum atomic E-state index is -0.269. The molecule has 2 rings (SSSR count). The van der Waals surface area contributed by atoms with Gasteiger partial charge < -0.3 is 9.30 Å². The summed E-state index contributed by atoms with van der Waals surface area (Å²) in [6.07, 6.45) is 1.64. The fraction of sp³-hybridized carbons (Fsp3) is 0.357. The average Bonchev–Trinajstić information content (AvgIpc) is 2.91. The van der Waals surface area contributed by atoms with Crippen LogP contribution in [0.15, 0.2) is 35.7 Å². The molecule has 0 bridgehead atoms. The molecule has 0 radical (unpaired) electrons. The van der Waals surface area contributed by atoms with E-state index in [0.29, 0.717) is 28.9 Å². The number of hydrogen-bond acceptors (Lipinski definition) is 5. The highest BCUT2D eigenvalue weighted by molar-refractivity contribution is 8.00. The van der Waals surface area contributed by atoms with Crippen molar-refractivity contribution in [2.24, 2.45) is 0 Å². The first kappa shape index (κ1) is 16.0. The number of carbonyl (C=O) groups excluding carboxylic acids is 1. The molecule has 0 aliphatic rings. The van der Waals surface area contributed by atoms with Crippen molar-refractivity contribution in [3.05, 3.63) is 41.2 Å². The molecule has 0 saturated carbocycles. The van der Waals surface area contributed by atoms with Crippen LogP contribution in [0.4, 0.5) is 0 Å². The summed E-state index contributed by atoms with van der Waals surface area (Å²) in [5.74, 6) is 0.0174. The highest BCUT2D eigenvalue weighted by atomic mass is 35.5. The van der Waals surface area contributed by atoms with E-state index in [1.807, 2.05) is 11.5 Å². The maximum Gasteiger partial charge on any atom is 0.191 e. The zero-order chi connectivity index (χ0) is 15.2. The second-order valence-corrected chi connectivity index (χ2v) is 6.18. The predicted molar refractivity (Wildman–Crippen MR) is 83.0 cm³/mol. The van der Waals surface area contributed by atoms with E-state index in [-0.39, 0.29) is 11.0 Å². The van der Waals surface area contributed by atoms with Crippen molar-refractivity contribution in [2.75, 3.05) is 13.7 Å². The molecule has 0 aliphatic carbocycles. The van der Waals surface area contributed by atoms with Gasteiger partial charge in [0.15, 0.2) is 10.9 Å². The Hall–Kier alpha value is -1.37. The standard InChI is InChI=1S/C14H16ClN3O2S/c1-10(13(19)11-4-3-5-12(15)8-11)21-14-17-16-9-18(14)6-7-20-2/h3-5,8-10H,6-7H2,1-2H3. The lowest BCUT2D eigenvalue weighted by Gasteiger charge is -2.11. The SMILES string of the molecule is COCCn1cnnc1SC(C)C(=O)c1cccc(Cl)c1. The van der Waals surface area contributed by atoms with E-state index in [0.717, 1.165) is 0 Å². The smallest absolute Gasteiger partial charge is 0.191 e. The van der Waals surface area contributed by atoms with Gasteiger partial charge in [0.25, 0.3) is 0 Å². The highest BCUT2D eigenvalue weighted by Gasteiger charge is 2.19. The van der Waals surface area contributed by atoms with Crippen LogP contribution in [0.25, 0.3) is 0 Å². The molecular weight excluding hydrogens is 310 g/mol. The zero-order valence-electron chi connectivity index (χ0n) is 11.8. The summed E-state index contributed by atoms with van der Waals surface area (Å²) in [5.41, 5.74) is 0.602. The topological polar surface area (TPSA) is 57.0 Å². The van der Waals surface area contributed by atoms with Gasteiger partial charge in [0, 0.05) is 24.2 Å². The van der Waals surface area contributed by atoms with Crippen molar-refractivity contribution in [1.29, 1.82) is 0 Å². The molecule has 1 aromatic carbocycles. The maximum absolute atomic E-state index is 12.4. The Balaban J connectivity index is 2.06. The van der Waals surface area contributed by atoms with Crippen LogP contribution in [-0.4, -0.2) is 39.5 Å². The average molecular weight is 326 g/mol. The first-order valence-corrected chi connectivity index (χ1v) is 7.70. The molecule has 21 heavy (non-hydrogen) atoms. The minimum absolute atomic E-state index is 0.0174. The Labute approximate surface area is 132 Å². The van der Waals surface area contributed by atoms with Crippen LogP contribution in [0.1, 0.15) is 17.3 Å². The van der Waals surface area contributed by atoms with E-state index in [1.165, 1.54) is 11.8 Å². The van der Waals surface area contributed by atoms with Crippen molar-refractivity contribution in [2.45, 2.75) is 23.9 Å². The number of ether oxygens (including phenoxy) is 1. The van der Waals surface area contributed by atoms with Crippen LogP contribution < -0.4 is 0 Å². The Morgan fingerprint density at radius 3 is 3.05 bits per heavy atom. The summed E-state index contributed by atoms with van der Waals surface area (Å²) >= 11 is 7.30. The van der Waals surface area contributed by atoms with Gasteiger partial charge in [-0.1, -0.05) is 35.5 Å². The molecule has 2 aromatic rings. The number of methoxy groups -OCH3 is 1. The van der Waals surface area contributed by atoms with Gasteiger partial charge in [0.2, 0.25) is 0 Å². The molecule has 0 amide bonds. The van der Waals surface area contributed by atoms with Crippen molar-refractivity contribution in [3.8, 4) is 0 Å². The van der Waals surface area contributed by atoms with Gasteiger partial charge in [-0.3, -0.25) is 4.79 Å². The maximum atomic E-state index is 12.4. The van der Waals surface area contributed by atoms with E-state index in [9.17, 15) is 4.79 Å². The summed E-state index contributed by atoms with van der Waals surface area (Å²) in [6, 6.07) is 6.96. The molecule has 0 N–H and O–H groups in total. The van der Waals surface area contributed by atoms with Crippen LogP contribution in [0.3, 0.4) is 0 Å². The molecule has 112 valence electrons. The van der Waals surface area contributed by atoms with E-state index in [2.05, 4.69) is 10.2 Å². The Morgan fingerprint density at radius 2 is 2.33 bits per heavy atom. The van der Waals surface area contributed by atoms with E-state index < -0.39 is 0 Å². The monoisotopic (exact) mass is 325 g/mol. The molecule has 1 heterocycles. The van der Waals surface area contributed by atoms with Crippen molar-refractivity contribution in [1.82, 2.24) is 14.8 Å². The van der Waals surface area contributed by atoms with E-state index >= 15 is 0 Å². The number of rotatable bonds is 7. The number of aromatic nitrogens is 3. The fourth-order valence-corrected chi connectivity index (χ4v) is 2.88. The van der Waals surface area contributed by atoms with Gasteiger partial charge >= 0.3 is 0 Å². The normalized spacial score (nSPS) is 12.3.